The highest BCUT2D eigenvalue weighted by molar-refractivity contribution is 5.91. The Kier molecular flexibility index (Phi) is 4.72. The van der Waals surface area contributed by atoms with Gasteiger partial charge in [-0.3, -0.25) is 4.79 Å². The van der Waals surface area contributed by atoms with Crippen molar-refractivity contribution in [3.8, 4) is 0 Å². The zero-order valence-electron chi connectivity index (χ0n) is 13.6. The van der Waals surface area contributed by atoms with E-state index in [9.17, 15) is 4.79 Å². The number of carbonyl (C=O) groups excluding carboxylic acids is 1. The van der Waals surface area contributed by atoms with Gasteiger partial charge in [0.1, 0.15) is 0 Å². The normalized spacial score (nSPS) is 16.6. The van der Waals surface area contributed by atoms with Crippen LogP contribution in [0.2, 0.25) is 0 Å². The molecule has 2 N–H and O–H groups in total. The molecule has 3 heteroatoms. The quantitative estimate of drug-likeness (QED) is 0.838. The largest absolute Gasteiger partial charge is 0.341 e. The molecule has 0 bridgehead atoms. The van der Waals surface area contributed by atoms with Crippen LogP contribution in [-0.2, 0) is 10.2 Å². The molecule has 0 saturated heterocycles. The first-order valence-electron chi connectivity index (χ1n) is 8.00. The Balaban J connectivity index is 2.19. The molecule has 0 aromatic heterocycles. The summed E-state index contributed by atoms with van der Waals surface area (Å²) in [4.78, 5) is 15.1. The van der Waals surface area contributed by atoms with Crippen LogP contribution in [0.1, 0.15) is 45.6 Å². The van der Waals surface area contributed by atoms with E-state index in [1.807, 2.05) is 23.1 Å². The molecule has 1 amide bonds. The molecule has 0 unspecified atom stereocenters. The summed E-state index contributed by atoms with van der Waals surface area (Å²) in [6.07, 6.45) is 2.93. The predicted molar refractivity (Wildman–Crippen MR) is 87.1 cm³/mol. The Morgan fingerprint density at radius 2 is 1.90 bits per heavy atom. The number of nitrogens with zero attached hydrogens (tertiary/aromatic N) is 1. The van der Waals surface area contributed by atoms with E-state index in [1.165, 1.54) is 5.56 Å². The van der Waals surface area contributed by atoms with E-state index < -0.39 is 0 Å². The first-order valence-corrected chi connectivity index (χ1v) is 8.00. The van der Waals surface area contributed by atoms with Crippen molar-refractivity contribution in [2.24, 2.45) is 11.1 Å². The van der Waals surface area contributed by atoms with Crippen LogP contribution < -0.4 is 5.73 Å². The van der Waals surface area contributed by atoms with Crippen molar-refractivity contribution in [3.63, 3.8) is 0 Å². The number of amides is 1. The van der Waals surface area contributed by atoms with Gasteiger partial charge in [0.05, 0.1) is 5.41 Å². The highest BCUT2D eigenvalue weighted by atomic mass is 16.2. The predicted octanol–water partition coefficient (Wildman–Crippen LogP) is 2.94. The molecule has 1 saturated carbocycles. The van der Waals surface area contributed by atoms with Gasteiger partial charge in [0.25, 0.3) is 0 Å². The lowest BCUT2D eigenvalue weighted by atomic mass is 9.90. The summed E-state index contributed by atoms with van der Waals surface area (Å²) in [5.74, 6) is 0.289. The molecule has 21 heavy (non-hydrogen) atoms. The number of nitrogens with two attached hydrogens (primary N) is 1. The minimum absolute atomic E-state index is 0.0302. The summed E-state index contributed by atoms with van der Waals surface area (Å²) in [6.45, 7) is 8.54. The van der Waals surface area contributed by atoms with Crippen LogP contribution in [0.15, 0.2) is 30.3 Å². The van der Waals surface area contributed by atoms with Gasteiger partial charge in [-0.25, -0.2) is 0 Å². The first-order chi connectivity index (χ1) is 9.95. The van der Waals surface area contributed by atoms with Gasteiger partial charge < -0.3 is 10.6 Å². The standard InChI is InChI=1S/C18H28N2O/c1-4-12-20(14-17(2,3)13-19)16(21)18(10-11-18)15-8-6-5-7-9-15/h5-9H,4,10-14,19H2,1-3H3. The van der Waals surface area contributed by atoms with Crippen LogP contribution in [-0.4, -0.2) is 30.4 Å². The molecule has 2 rings (SSSR count). The van der Waals surface area contributed by atoms with E-state index in [1.54, 1.807) is 0 Å². The maximum atomic E-state index is 13.1. The lowest BCUT2D eigenvalue weighted by Crippen LogP contribution is -2.46. The number of hydrogen-bond acceptors (Lipinski definition) is 2. The Morgan fingerprint density at radius 1 is 1.29 bits per heavy atom. The van der Waals surface area contributed by atoms with E-state index in [2.05, 4.69) is 32.9 Å². The van der Waals surface area contributed by atoms with Crippen LogP contribution >= 0.6 is 0 Å². The minimum atomic E-state index is -0.263. The molecule has 0 radical (unpaired) electrons. The van der Waals surface area contributed by atoms with Crippen LogP contribution in [0.3, 0.4) is 0 Å². The molecular weight excluding hydrogens is 260 g/mol. The van der Waals surface area contributed by atoms with Gasteiger partial charge in [0.2, 0.25) is 5.91 Å². The van der Waals surface area contributed by atoms with Crippen molar-refractivity contribution in [2.75, 3.05) is 19.6 Å². The molecule has 1 aromatic rings. The zero-order valence-corrected chi connectivity index (χ0v) is 13.6. The second-order valence-electron chi connectivity index (χ2n) is 7.04. The molecule has 116 valence electrons. The van der Waals surface area contributed by atoms with E-state index in [-0.39, 0.29) is 16.7 Å². The second kappa shape index (κ2) is 6.18. The van der Waals surface area contributed by atoms with Crippen molar-refractivity contribution >= 4 is 5.91 Å². The fourth-order valence-electron chi connectivity index (χ4n) is 2.91. The fourth-order valence-corrected chi connectivity index (χ4v) is 2.91. The smallest absolute Gasteiger partial charge is 0.233 e. The molecule has 0 atom stereocenters. The van der Waals surface area contributed by atoms with Gasteiger partial charge >= 0.3 is 0 Å². The summed E-state index contributed by atoms with van der Waals surface area (Å²) in [7, 11) is 0. The summed E-state index contributed by atoms with van der Waals surface area (Å²) in [6, 6.07) is 10.2. The summed E-state index contributed by atoms with van der Waals surface area (Å²) in [5, 5.41) is 0. The average molecular weight is 288 g/mol. The maximum absolute atomic E-state index is 13.1. The van der Waals surface area contributed by atoms with E-state index in [0.29, 0.717) is 6.54 Å². The highest BCUT2D eigenvalue weighted by Crippen LogP contribution is 2.49. The van der Waals surface area contributed by atoms with Crippen molar-refractivity contribution in [1.29, 1.82) is 0 Å². The third kappa shape index (κ3) is 3.46. The molecule has 1 aliphatic carbocycles. The Labute approximate surface area is 128 Å². The molecule has 1 aromatic carbocycles. The fraction of sp³-hybridized carbons (Fsp3) is 0.611. The number of hydrogen-bond donors (Lipinski definition) is 1. The van der Waals surface area contributed by atoms with Crippen LogP contribution in [0, 0.1) is 5.41 Å². The van der Waals surface area contributed by atoms with Crippen LogP contribution in [0.5, 0.6) is 0 Å². The Morgan fingerprint density at radius 3 is 2.38 bits per heavy atom. The van der Waals surface area contributed by atoms with Gasteiger partial charge in [0, 0.05) is 13.1 Å². The molecule has 1 fully saturated rings. The number of rotatable bonds is 7. The average Bonchev–Trinajstić information content (AvgIpc) is 3.28. The van der Waals surface area contributed by atoms with Crippen molar-refractivity contribution in [3.05, 3.63) is 35.9 Å². The molecule has 0 heterocycles. The van der Waals surface area contributed by atoms with Crippen LogP contribution in [0.25, 0.3) is 0 Å². The number of benzene rings is 1. The summed E-state index contributed by atoms with van der Waals surface area (Å²) >= 11 is 0. The van der Waals surface area contributed by atoms with Crippen molar-refractivity contribution in [1.82, 2.24) is 4.90 Å². The van der Waals surface area contributed by atoms with E-state index in [4.69, 9.17) is 5.73 Å². The molecule has 0 spiro atoms. The van der Waals surface area contributed by atoms with Gasteiger partial charge in [-0.1, -0.05) is 51.1 Å². The molecular formula is C18H28N2O. The van der Waals surface area contributed by atoms with Crippen molar-refractivity contribution in [2.45, 2.75) is 45.4 Å². The van der Waals surface area contributed by atoms with Crippen LogP contribution in [0.4, 0.5) is 0 Å². The van der Waals surface area contributed by atoms with Gasteiger partial charge in [-0.05, 0) is 36.8 Å². The molecule has 0 aliphatic heterocycles. The van der Waals surface area contributed by atoms with Crippen molar-refractivity contribution < 1.29 is 4.79 Å². The van der Waals surface area contributed by atoms with Gasteiger partial charge in [0.15, 0.2) is 0 Å². The third-order valence-electron chi connectivity index (χ3n) is 4.44. The van der Waals surface area contributed by atoms with Gasteiger partial charge in [-0.15, -0.1) is 0 Å². The Bertz CT molecular complexity index is 477. The maximum Gasteiger partial charge on any atom is 0.233 e. The third-order valence-corrected chi connectivity index (χ3v) is 4.44. The lowest BCUT2D eigenvalue weighted by Gasteiger charge is -2.34. The van der Waals surface area contributed by atoms with E-state index >= 15 is 0 Å². The lowest BCUT2D eigenvalue weighted by molar-refractivity contribution is -0.135. The zero-order chi connectivity index (χ0) is 15.5. The minimum Gasteiger partial charge on any atom is -0.341 e. The Hall–Kier alpha value is -1.35. The highest BCUT2D eigenvalue weighted by Gasteiger charge is 2.53. The molecule has 3 nitrogen and oxygen atoms in total. The second-order valence-corrected chi connectivity index (χ2v) is 7.04. The molecule has 1 aliphatic rings. The SMILES string of the molecule is CCCN(CC(C)(C)CN)C(=O)C1(c2ccccc2)CC1. The van der Waals surface area contributed by atoms with Gasteiger partial charge in [-0.2, -0.15) is 0 Å². The topological polar surface area (TPSA) is 46.3 Å². The summed E-state index contributed by atoms with van der Waals surface area (Å²) in [5.41, 5.74) is 6.72. The number of carbonyl (C=O) groups is 1. The first kappa shape index (κ1) is 16.0. The van der Waals surface area contributed by atoms with E-state index in [0.717, 1.165) is 32.4 Å². The summed E-state index contributed by atoms with van der Waals surface area (Å²) < 4.78 is 0. The monoisotopic (exact) mass is 288 g/mol.